The predicted molar refractivity (Wildman–Crippen MR) is 115 cm³/mol. The molecule has 0 bridgehead atoms. The summed E-state index contributed by atoms with van der Waals surface area (Å²) in [6.07, 6.45) is 22.3. The second-order valence-electron chi connectivity index (χ2n) is 8.02. The zero-order valence-electron chi connectivity index (χ0n) is 17.5. The first-order valence-electron chi connectivity index (χ1n) is 11.1. The lowest BCUT2D eigenvalue weighted by Crippen LogP contribution is -2.28. The van der Waals surface area contributed by atoms with Crippen molar-refractivity contribution in [3.05, 3.63) is 36.5 Å². The fraction of sp³-hybridized carbons (Fsp3) is 0.708. The number of aliphatic carboxylic acids is 1. The van der Waals surface area contributed by atoms with E-state index in [1.54, 1.807) is 0 Å². The lowest BCUT2D eigenvalue weighted by molar-refractivity contribution is -0.137. The van der Waals surface area contributed by atoms with Crippen LogP contribution in [0.3, 0.4) is 0 Å². The largest absolute Gasteiger partial charge is 0.481 e. The Kier molecular flexibility index (Phi) is 13.7. The van der Waals surface area contributed by atoms with E-state index in [2.05, 4.69) is 25.2 Å². The summed E-state index contributed by atoms with van der Waals surface area (Å²) in [7, 11) is 0. The second kappa shape index (κ2) is 15.5. The van der Waals surface area contributed by atoms with E-state index in [0.29, 0.717) is 12.8 Å². The number of rotatable bonds is 15. The highest BCUT2D eigenvalue weighted by molar-refractivity contribution is 5.66. The van der Waals surface area contributed by atoms with Crippen LogP contribution in [0.25, 0.3) is 0 Å². The van der Waals surface area contributed by atoms with Crippen molar-refractivity contribution in [1.82, 2.24) is 0 Å². The molecule has 0 heterocycles. The molecule has 3 N–H and O–H groups in total. The molecule has 0 aromatic rings. The Hall–Kier alpha value is -1.39. The summed E-state index contributed by atoms with van der Waals surface area (Å²) in [5.74, 6) is -0.418. The minimum atomic E-state index is -0.808. The lowest BCUT2D eigenvalue weighted by Gasteiger charge is -2.30. The van der Waals surface area contributed by atoms with Gasteiger partial charge in [0.2, 0.25) is 0 Å². The van der Waals surface area contributed by atoms with Crippen LogP contribution in [0.4, 0.5) is 0 Å². The Morgan fingerprint density at radius 1 is 1.00 bits per heavy atom. The van der Waals surface area contributed by atoms with E-state index in [9.17, 15) is 15.0 Å². The molecule has 0 aliphatic heterocycles. The van der Waals surface area contributed by atoms with Gasteiger partial charge in [0.1, 0.15) is 0 Å². The first kappa shape index (κ1) is 24.6. The number of hydrogen-bond donors (Lipinski definition) is 3. The van der Waals surface area contributed by atoms with Gasteiger partial charge in [-0.1, -0.05) is 81.9 Å². The van der Waals surface area contributed by atoms with E-state index in [0.717, 1.165) is 25.7 Å². The molecule has 4 nitrogen and oxygen atoms in total. The number of aliphatic hydroxyl groups is 2. The topological polar surface area (TPSA) is 77.8 Å². The molecule has 4 unspecified atom stereocenters. The molecule has 28 heavy (non-hydrogen) atoms. The summed E-state index contributed by atoms with van der Waals surface area (Å²) in [6.45, 7) is 2.22. The molecular weight excluding hydrogens is 352 g/mol. The number of carbonyl (C=O) groups is 1. The summed E-state index contributed by atoms with van der Waals surface area (Å²) in [6, 6.07) is 0. The zero-order valence-corrected chi connectivity index (χ0v) is 17.5. The van der Waals surface area contributed by atoms with Gasteiger partial charge in [-0.05, 0) is 43.9 Å². The van der Waals surface area contributed by atoms with Crippen molar-refractivity contribution in [2.24, 2.45) is 11.8 Å². The van der Waals surface area contributed by atoms with E-state index >= 15 is 0 Å². The Morgan fingerprint density at radius 3 is 2.46 bits per heavy atom. The van der Waals surface area contributed by atoms with E-state index in [4.69, 9.17) is 5.11 Å². The van der Waals surface area contributed by atoms with Crippen LogP contribution in [0.15, 0.2) is 36.5 Å². The lowest BCUT2D eigenvalue weighted by atomic mass is 9.78. The van der Waals surface area contributed by atoms with E-state index in [-0.39, 0.29) is 24.4 Å². The number of unbranched alkanes of at least 4 members (excludes halogenated alkanes) is 5. The molecule has 0 aromatic carbocycles. The summed E-state index contributed by atoms with van der Waals surface area (Å²) >= 11 is 0. The van der Waals surface area contributed by atoms with Gasteiger partial charge in [0, 0.05) is 6.42 Å². The molecule has 160 valence electrons. The van der Waals surface area contributed by atoms with E-state index in [1.165, 1.54) is 32.1 Å². The van der Waals surface area contributed by atoms with Crippen LogP contribution in [0.5, 0.6) is 0 Å². The highest BCUT2D eigenvalue weighted by atomic mass is 16.4. The number of hydrogen-bond acceptors (Lipinski definition) is 3. The van der Waals surface area contributed by atoms with Crippen LogP contribution < -0.4 is 0 Å². The predicted octanol–water partition coefficient (Wildman–Crippen LogP) is 5.41. The van der Waals surface area contributed by atoms with Crippen LogP contribution >= 0.6 is 0 Å². The maximum absolute atomic E-state index is 10.6. The SMILES string of the molecule is CCCCCCCCC(O)/C=C/C=C/C1CC=CCC1C(O)CCCC(=O)O. The highest BCUT2D eigenvalue weighted by Gasteiger charge is 2.26. The van der Waals surface area contributed by atoms with Gasteiger partial charge in [0.25, 0.3) is 0 Å². The number of carboxylic acids is 1. The molecule has 0 fully saturated rings. The quantitative estimate of drug-likeness (QED) is 0.198. The monoisotopic (exact) mass is 392 g/mol. The normalized spacial score (nSPS) is 22.1. The van der Waals surface area contributed by atoms with Crippen molar-refractivity contribution in [3.8, 4) is 0 Å². The van der Waals surface area contributed by atoms with Crippen molar-refractivity contribution in [3.63, 3.8) is 0 Å². The Labute approximate surface area is 171 Å². The van der Waals surface area contributed by atoms with Gasteiger partial charge in [-0.2, -0.15) is 0 Å². The van der Waals surface area contributed by atoms with E-state index in [1.807, 2.05) is 18.2 Å². The van der Waals surface area contributed by atoms with Gasteiger partial charge in [0.05, 0.1) is 12.2 Å². The molecule has 4 heteroatoms. The van der Waals surface area contributed by atoms with Crippen molar-refractivity contribution < 1.29 is 20.1 Å². The zero-order chi connectivity index (χ0) is 20.6. The third-order valence-corrected chi connectivity index (χ3v) is 5.57. The summed E-state index contributed by atoms with van der Waals surface area (Å²) in [4.78, 5) is 10.6. The molecule has 0 saturated carbocycles. The second-order valence-corrected chi connectivity index (χ2v) is 8.02. The third-order valence-electron chi connectivity index (χ3n) is 5.57. The van der Waals surface area contributed by atoms with Gasteiger partial charge < -0.3 is 15.3 Å². The molecule has 1 rings (SSSR count). The molecule has 0 amide bonds. The van der Waals surface area contributed by atoms with Gasteiger partial charge in [-0.15, -0.1) is 0 Å². The average Bonchev–Trinajstić information content (AvgIpc) is 2.68. The van der Waals surface area contributed by atoms with Crippen LogP contribution in [0.1, 0.15) is 84.0 Å². The highest BCUT2D eigenvalue weighted by Crippen LogP contribution is 2.31. The van der Waals surface area contributed by atoms with Gasteiger partial charge in [-0.3, -0.25) is 4.79 Å². The van der Waals surface area contributed by atoms with Crippen LogP contribution in [-0.4, -0.2) is 33.5 Å². The maximum atomic E-state index is 10.6. The summed E-state index contributed by atoms with van der Waals surface area (Å²) in [5.41, 5.74) is 0. The van der Waals surface area contributed by atoms with Crippen molar-refractivity contribution in [2.45, 2.75) is 96.2 Å². The number of allylic oxidation sites excluding steroid dienone is 5. The number of aliphatic hydroxyl groups excluding tert-OH is 2. The fourth-order valence-corrected chi connectivity index (χ4v) is 3.83. The Balaban J connectivity index is 2.33. The Morgan fingerprint density at radius 2 is 1.71 bits per heavy atom. The fourth-order valence-electron chi connectivity index (χ4n) is 3.83. The van der Waals surface area contributed by atoms with Crippen LogP contribution in [0.2, 0.25) is 0 Å². The Bertz CT molecular complexity index is 495. The van der Waals surface area contributed by atoms with Gasteiger partial charge >= 0.3 is 5.97 Å². The summed E-state index contributed by atoms with van der Waals surface area (Å²) < 4.78 is 0. The minimum Gasteiger partial charge on any atom is -0.481 e. The molecular formula is C24H40O4. The first-order valence-corrected chi connectivity index (χ1v) is 11.1. The first-order chi connectivity index (χ1) is 13.5. The molecule has 0 saturated heterocycles. The van der Waals surface area contributed by atoms with Gasteiger partial charge in [-0.25, -0.2) is 0 Å². The van der Waals surface area contributed by atoms with Gasteiger partial charge in [0.15, 0.2) is 0 Å². The molecule has 0 spiro atoms. The third kappa shape index (κ3) is 11.5. The smallest absolute Gasteiger partial charge is 0.303 e. The minimum absolute atomic E-state index is 0.110. The summed E-state index contributed by atoms with van der Waals surface area (Å²) in [5, 5.41) is 29.3. The molecule has 1 aliphatic carbocycles. The van der Waals surface area contributed by atoms with Crippen molar-refractivity contribution >= 4 is 5.97 Å². The molecule has 0 radical (unpaired) electrons. The van der Waals surface area contributed by atoms with Crippen LogP contribution in [0, 0.1) is 11.8 Å². The average molecular weight is 393 g/mol. The molecule has 0 aromatic heterocycles. The standard InChI is InChI=1S/C24H40O4/c1-2-3-4-5-6-7-15-21(25)16-10-8-13-20-14-9-11-17-22(20)23(26)18-12-19-24(27)28/h8-11,13,16,20-23,25-26H,2-7,12,14-15,17-19H2,1H3,(H,27,28)/b13-8+,16-10+. The van der Waals surface area contributed by atoms with E-state index < -0.39 is 12.1 Å². The maximum Gasteiger partial charge on any atom is 0.303 e. The molecule has 1 aliphatic rings. The van der Waals surface area contributed by atoms with Crippen molar-refractivity contribution in [2.75, 3.05) is 0 Å². The molecule has 4 atom stereocenters. The van der Waals surface area contributed by atoms with Crippen LogP contribution in [-0.2, 0) is 4.79 Å². The van der Waals surface area contributed by atoms with Crippen molar-refractivity contribution in [1.29, 1.82) is 0 Å². The number of carboxylic acid groups (broad SMARTS) is 1.